The Morgan fingerprint density at radius 3 is 2.69 bits per heavy atom. The molecule has 0 radical (unpaired) electrons. The fraction of sp³-hybridized carbons (Fsp3) is 0.500. The lowest BCUT2D eigenvalue weighted by atomic mass is 9.84. The lowest BCUT2D eigenvalue weighted by Crippen LogP contribution is -2.48. The van der Waals surface area contributed by atoms with Crippen LogP contribution >= 0.6 is 12.4 Å². The molecule has 2 rings (SSSR count). The van der Waals surface area contributed by atoms with Crippen LogP contribution in [0.5, 0.6) is 5.75 Å². The molecule has 0 saturated carbocycles. The molecule has 1 aliphatic rings. The van der Waals surface area contributed by atoms with E-state index in [1.807, 2.05) is 38.4 Å². The van der Waals surface area contributed by atoms with Crippen molar-refractivity contribution < 1.29 is 9.84 Å². The Morgan fingerprint density at radius 1 is 1.38 bits per heavy atom. The minimum atomic E-state index is -0.283. The van der Waals surface area contributed by atoms with Crippen LogP contribution in [0.2, 0.25) is 0 Å². The second kappa shape index (κ2) is 5.04. The fourth-order valence-electron chi connectivity index (χ4n) is 2.21. The van der Waals surface area contributed by atoms with Gasteiger partial charge in [-0.05, 0) is 20.2 Å². The highest BCUT2D eigenvalue weighted by Crippen LogP contribution is 2.39. The van der Waals surface area contributed by atoms with E-state index in [0.29, 0.717) is 6.61 Å². The summed E-state index contributed by atoms with van der Waals surface area (Å²) in [5.74, 6) is 0.895. The molecule has 16 heavy (non-hydrogen) atoms. The normalized spacial score (nSPS) is 23.2. The van der Waals surface area contributed by atoms with E-state index in [4.69, 9.17) is 4.74 Å². The van der Waals surface area contributed by atoms with E-state index in [9.17, 15) is 5.11 Å². The van der Waals surface area contributed by atoms with Gasteiger partial charge >= 0.3 is 0 Å². The van der Waals surface area contributed by atoms with Crippen molar-refractivity contribution in [1.82, 2.24) is 4.90 Å². The summed E-state index contributed by atoms with van der Waals surface area (Å²) in [7, 11) is 4.00. The first kappa shape index (κ1) is 13.3. The van der Waals surface area contributed by atoms with Crippen LogP contribution < -0.4 is 4.74 Å². The number of nitrogens with zero attached hydrogens (tertiary/aromatic N) is 1. The molecular weight excluding hydrogens is 226 g/mol. The standard InChI is InChI=1S/C12H17NO2.ClH/c1-13(2)12(9-14)7-8-15-11-6-4-3-5-10(11)12;/h3-6,14H,7-9H2,1-2H3;1H. The smallest absolute Gasteiger partial charge is 0.124 e. The number of para-hydroxylation sites is 1. The van der Waals surface area contributed by atoms with Crippen molar-refractivity contribution in [2.75, 3.05) is 27.3 Å². The largest absolute Gasteiger partial charge is 0.493 e. The summed E-state index contributed by atoms with van der Waals surface area (Å²) >= 11 is 0. The van der Waals surface area contributed by atoms with Gasteiger partial charge in [-0.2, -0.15) is 0 Å². The van der Waals surface area contributed by atoms with Crippen molar-refractivity contribution in [3.05, 3.63) is 29.8 Å². The van der Waals surface area contributed by atoms with E-state index in [2.05, 4.69) is 4.90 Å². The minimum Gasteiger partial charge on any atom is -0.493 e. The maximum Gasteiger partial charge on any atom is 0.124 e. The van der Waals surface area contributed by atoms with E-state index in [0.717, 1.165) is 17.7 Å². The molecule has 1 N–H and O–H groups in total. The molecular formula is C12H18ClNO2. The molecule has 0 spiro atoms. The second-order valence-electron chi connectivity index (χ2n) is 4.18. The number of fused-ring (bicyclic) bond motifs is 1. The lowest BCUT2D eigenvalue weighted by Gasteiger charge is -2.42. The summed E-state index contributed by atoms with van der Waals surface area (Å²) in [6, 6.07) is 7.94. The molecule has 1 aromatic carbocycles. The maximum atomic E-state index is 9.66. The van der Waals surface area contributed by atoms with Gasteiger partial charge in [-0.15, -0.1) is 12.4 Å². The molecule has 90 valence electrons. The van der Waals surface area contributed by atoms with Crippen LogP contribution in [0.4, 0.5) is 0 Å². The Bertz CT molecular complexity index is 357. The molecule has 0 saturated heterocycles. The second-order valence-corrected chi connectivity index (χ2v) is 4.18. The average Bonchev–Trinajstić information content (AvgIpc) is 2.28. The van der Waals surface area contributed by atoms with Gasteiger partial charge in [-0.3, -0.25) is 4.90 Å². The van der Waals surface area contributed by atoms with Gasteiger partial charge < -0.3 is 9.84 Å². The molecule has 0 bridgehead atoms. The third-order valence-corrected chi connectivity index (χ3v) is 3.28. The van der Waals surface area contributed by atoms with E-state index < -0.39 is 0 Å². The van der Waals surface area contributed by atoms with Gasteiger partial charge in [0.25, 0.3) is 0 Å². The monoisotopic (exact) mass is 243 g/mol. The Morgan fingerprint density at radius 2 is 2.06 bits per heavy atom. The zero-order chi connectivity index (χ0) is 10.9. The predicted octanol–water partition coefficient (Wildman–Crippen LogP) is 1.64. The molecule has 0 fully saturated rings. The Labute approximate surface area is 102 Å². The highest BCUT2D eigenvalue weighted by atomic mass is 35.5. The Hall–Kier alpha value is -0.770. The number of hydrogen-bond donors (Lipinski definition) is 1. The van der Waals surface area contributed by atoms with Crippen LogP contribution in [-0.2, 0) is 5.54 Å². The van der Waals surface area contributed by atoms with Gasteiger partial charge in [-0.25, -0.2) is 0 Å². The zero-order valence-corrected chi connectivity index (χ0v) is 10.5. The highest BCUT2D eigenvalue weighted by Gasteiger charge is 2.38. The number of rotatable bonds is 2. The number of ether oxygens (including phenoxy) is 1. The zero-order valence-electron chi connectivity index (χ0n) is 9.64. The quantitative estimate of drug-likeness (QED) is 0.857. The fourth-order valence-corrected chi connectivity index (χ4v) is 2.21. The minimum absolute atomic E-state index is 0. The van der Waals surface area contributed by atoms with Crippen LogP contribution in [-0.4, -0.2) is 37.3 Å². The van der Waals surface area contributed by atoms with Gasteiger partial charge in [0, 0.05) is 12.0 Å². The molecule has 3 nitrogen and oxygen atoms in total. The van der Waals surface area contributed by atoms with Crippen molar-refractivity contribution in [3.8, 4) is 5.75 Å². The molecule has 1 unspecified atom stereocenters. The van der Waals surface area contributed by atoms with Gasteiger partial charge in [-0.1, -0.05) is 18.2 Å². The van der Waals surface area contributed by atoms with Crippen molar-refractivity contribution >= 4 is 12.4 Å². The third kappa shape index (κ3) is 1.90. The summed E-state index contributed by atoms with van der Waals surface area (Å²) < 4.78 is 5.59. The first-order valence-electron chi connectivity index (χ1n) is 5.21. The van der Waals surface area contributed by atoms with E-state index >= 15 is 0 Å². The summed E-state index contributed by atoms with van der Waals surface area (Å²) in [6.45, 7) is 0.788. The number of likely N-dealkylation sites (N-methyl/N-ethyl adjacent to an activating group) is 1. The molecule has 4 heteroatoms. The molecule has 1 heterocycles. The first-order chi connectivity index (χ1) is 7.20. The Kier molecular flexibility index (Phi) is 4.19. The summed E-state index contributed by atoms with van der Waals surface area (Å²) in [5, 5.41) is 9.66. The molecule has 0 amide bonds. The lowest BCUT2D eigenvalue weighted by molar-refractivity contribution is 0.0283. The van der Waals surface area contributed by atoms with Gasteiger partial charge in [0.1, 0.15) is 5.75 Å². The van der Waals surface area contributed by atoms with E-state index in [1.165, 1.54) is 0 Å². The molecule has 0 aromatic heterocycles. The van der Waals surface area contributed by atoms with Crippen molar-refractivity contribution in [1.29, 1.82) is 0 Å². The number of aliphatic hydroxyl groups is 1. The number of aliphatic hydroxyl groups excluding tert-OH is 1. The summed E-state index contributed by atoms with van der Waals surface area (Å²) in [5.41, 5.74) is 0.804. The van der Waals surface area contributed by atoms with Crippen LogP contribution in [0.25, 0.3) is 0 Å². The maximum absolute atomic E-state index is 9.66. The van der Waals surface area contributed by atoms with E-state index in [-0.39, 0.29) is 24.6 Å². The number of hydrogen-bond acceptors (Lipinski definition) is 3. The third-order valence-electron chi connectivity index (χ3n) is 3.28. The van der Waals surface area contributed by atoms with E-state index in [1.54, 1.807) is 0 Å². The van der Waals surface area contributed by atoms with Crippen LogP contribution in [0, 0.1) is 0 Å². The molecule has 0 aliphatic carbocycles. The van der Waals surface area contributed by atoms with Crippen molar-refractivity contribution in [2.45, 2.75) is 12.0 Å². The van der Waals surface area contributed by atoms with Gasteiger partial charge in [0.2, 0.25) is 0 Å². The summed E-state index contributed by atoms with van der Waals surface area (Å²) in [4.78, 5) is 2.08. The number of benzene rings is 1. The number of halogens is 1. The molecule has 1 aliphatic heterocycles. The van der Waals surface area contributed by atoms with Crippen LogP contribution in [0.15, 0.2) is 24.3 Å². The van der Waals surface area contributed by atoms with Crippen molar-refractivity contribution in [2.24, 2.45) is 0 Å². The topological polar surface area (TPSA) is 32.7 Å². The SMILES string of the molecule is CN(C)C1(CO)CCOc2ccccc21.Cl. The van der Waals surface area contributed by atoms with Crippen LogP contribution in [0.3, 0.4) is 0 Å². The summed E-state index contributed by atoms with van der Waals surface area (Å²) in [6.07, 6.45) is 0.827. The molecule has 1 aromatic rings. The first-order valence-corrected chi connectivity index (χ1v) is 5.21. The molecule has 1 atom stereocenters. The predicted molar refractivity (Wildman–Crippen MR) is 66.3 cm³/mol. The average molecular weight is 244 g/mol. The highest BCUT2D eigenvalue weighted by molar-refractivity contribution is 5.85. The Balaban J connectivity index is 0.00000128. The van der Waals surface area contributed by atoms with Gasteiger partial charge in [0.15, 0.2) is 0 Å². The van der Waals surface area contributed by atoms with Crippen LogP contribution in [0.1, 0.15) is 12.0 Å². The van der Waals surface area contributed by atoms with Crippen molar-refractivity contribution in [3.63, 3.8) is 0 Å². The van der Waals surface area contributed by atoms with Gasteiger partial charge in [0.05, 0.1) is 18.8 Å².